The van der Waals surface area contributed by atoms with Gasteiger partial charge in [0.05, 0.1) is 16.4 Å². The monoisotopic (exact) mass is 381 g/mol. The predicted molar refractivity (Wildman–Crippen MR) is 80.8 cm³/mol. The largest absolute Gasteiger partial charge is 0.243 e. The second-order valence-corrected chi connectivity index (χ2v) is 9.76. The molecule has 1 atom stereocenters. The van der Waals surface area contributed by atoms with Gasteiger partial charge in [-0.1, -0.05) is 28.9 Å². The number of sulfonamides is 1. The third kappa shape index (κ3) is 3.24. The molecule has 1 fully saturated rings. The molecule has 1 aliphatic rings. The number of halogens is 1. The van der Waals surface area contributed by atoms with Crippen LogP contribution in [0.1, 0.15) is 13.3 Å². The SMILES string of the molecule is CCN(C1CCS(=O)(=O)C1)S(=O)(=O)c1cccc(Br)c1. The molecule has 1 unspecified atom stereocenters. The van der Waals surface area contributed by atoms with E-state index in [9.17, 15) is 16.8 Å². The lowest BCUT2D eigenvalue weighted by Crippen LogP contribution is -2.40. The summed E-state index contributed by atoms with van der Waals surface area (Å²) in [5.41, 5.74) is 0. The molecule has 0 bridgehead atoms. The van der Waals surface area contributed by atoms with Gasteiger partial charge < -0.3 is 0 Å². The standard InChI is InChI=1S/C12H16BrNO4S2/c1-2-14(11-6-7-19(15,16)9-11)20(17,18)12-5-3-4-10(13)8-12/h3-5,8,11H,2,6-7,9H2,1H3. The summed E-state index contributed by atoms with van der Waals surface area (Å²) < 4.78 is 50.3. The van der Waals surface area contributed by atoms with Crippen molar-refractivity contribution in [1.29, 1.82) is 0 Å². The Hall–Kier alpha value is -0.440. The highest BCUT2D eigenvalue weighted by molar-refractivity contribution is 9.10. The Morgan fingerprint density at radius 3 is 2.60 bits per heavy atom. The molecule has 20 heavy (non-hydrogen) atoms. The minimum atomic E-state index is -3.67. The van der Waals surface area contributed by atoms with Crippen molar-refractivity contribution in [3.05, 3.63) is 28.7 Å². The van der Waals surface area contributed by atoms with Crippen LogP contribution in [0, 0.1) is 0 Å². The zero-order valence-corrected chi connectivity index (χ0v) is 14.2. The number of benzene rings is 1. The van der Waals surface area contributed by atoms with Gasteiger partial charge >= 0.3 is 0 Å². The summed E-state index contributed by atoms with van der Waals surface area (Å²) in [4.78, 5) is 0.179. The lowest BCUT2D eigenvalue weighted by atomic mass is 10.3. The fourth-order valence-electron chi connectivity index (χ4n) is 2.39. The van der Waals surface area contributed by atoms with Gasteiger partial charge in [0.25, 0.3) is 0 Å². The maximum atomic E-state index is 12.6. The van der Waals surface area contributed by atoms with Gasteiger partial charge in [-0.2, -0.15) is 4.31 Å². The summed E-state index contributed by atoms with van der Waals surface area (Å²) in [6.07, 6.45) is 0.364. The van der Waals surface area contributed by atoms with Crippen LogP contribution in [0.4, 0.5) is 0 Å². The Bertz CT molecular complexity index is 700. The molecule has 112 valence electrons. The molecule has 5 nitrogen and oxygen atoms in total. The van der Waals surface area contributed by atoms with Crippen molar-refractivity contribution < 1.29 is 16.8 Å². The van der Waals surface area contributed by atoms with E-state index < -0.39 is 25.9 Å². The average molecular weight is 382 g/mol. The lowest BCUT2D eigenvalue weighted by Gasteiger charge is -2.26. The van der Waals surface area contributed by atoms with Crippen LogP contribution >= 0.6 is 15.9 Å². The Kier molecular flexibility index (Phi) is 4.58. The maximum absolute atomic E-state index is 12.6. The minimum absolute atomic E-state index is 0.0577. The van der Waals surface area contributed by atoms with Gasteiger partial charge in [0.1, 0.15) is 0 Å². The summed E-state index contributed by atoms with van der Waals surface area (Å²) in [5.74, 6) is -0.0315. The number of rotatable bonds is 4. The Balaban J connectivity index is 2.36. The second kappa shape index (κ2) is 5.75. The number of nitrogens with zero attached hydrogens (tertiary/aromatic N) is 1. The van der Waals surface area contributed by atoms with Crippen LogP contribution in [0.15, 0.2) is 33.6 Å². The molecule has 1 aromatic carbocycles. The summed E-state index contributed by atoms with van der Waals surface area (Å²) in [5, 5.41) is 0. The molecule has 1 aliphatic heterocycles. The van der Waals surface area contributed by atoms with Crippen LogP contribution in [0.25, 0.3) is 0 Å². The van der Waals surface area contributed by atoms with E-state index in [0.29, 0.717) is 10.9 Å². The minimum Gasteiger partial charge on any atom is -0.229 e. The molecule has 0 amide bonds. The summed E-state index contributed by atoms with van der Waals surface area (Å²) in [6.45, 7) is 1.98. The van der Waals surface area contributed by atoms with Crippen molar-refractivity contribution in [3.8, 4) is 0 Å². The third-order valence-corrected chi connectivity index (χ3v) is 7.60. The molecule has 2 rings (SSSR count). The van der Waals surface area contributed by atoms with Gasteiger partial charge in [-0.25, -0.2) is 16.8 Å². The highest BCUT2D eigenvalue weighted by atomic mass is 79.9. The molecule has 0 aromatic heterocycles. The van der Waals surface area contributed by atoms with Crippen LogP contribution in [0.5, 0.6) is 0 Å². The molecule has 0 N–H and O–H groups in total. The van der Waals surface area contributed by atoms with Crippen molar-refractivity contribution in [2.45, 2.75) is 24.3 Å². The maximum Gasteiger partial charge on any atom is 0.243 e. The highest BCUT2D eigenvalue weighted by Crippen LogP contribution is 2.26. The van der Waals surface area contributed by atoms with Crippen molar-refractivity contribution in [1.82, 2.24) is 4.31 Å². The van der Waals surface area contributed by atoms with Crippen molar-refractivity contribution >= 4 is 35.8 Å². The summed E-state index contributed by atoms with van der Waals surface area (Å²) >= 11 is 3.25. The van der Waals surface area contributed by atoms with Gasteiger partial charge in [-0.15, -0.1) is 0 Å². The van der Waals surface area contributed by atoms with Gasteiger partial charge in [0.2, 0.25) is 10.0 Å². The number of hydrogen-bond acceptors (Lipinski definition) is 4. The molecule has 1 aromatic rings. The van der Waals surface area contributed by atoms with Crippen LogP contribution in [-0.2, 0) is 19.9 Å². The molecule has 1 saturated heterocycles. The Morgan fingerprint density at radius 2 is 2.10 bits per heavy atom. The Morgan fingerprint density at radius 1 is 1.40 bits per heavy atom. The van der Waals surface area contributed by atoms with Crippen LogP contribution in [0.2, 0.25) is 0 Å². The fourth-order valence-corrected chi connectivity index (χ4v) is 6.48. The predicted octanol–water partition coefficient (Wildman–Crippen LogP) is 1.65. The topological polar surface area (TPSA) is 71.5 Å². The van der Waals surface area contributed by atoms with Crippen molar-refractivity contribution in [2.75, 3.05) is 18.1 Å². The second-order valence-electron chi connectivity index (χ2n) is 4.72. The first kappa shape index (κ1) is 15.9. The molecular formula is C12H16BrNO4S2. The fraction of sp³-hybridized carbons (Fsp3) is 0.500. The van der Waals surface area contributed by atoms with E-state index in [4.69, 9.17) is 0 Å². The first-order valence-electron chi connectivity index (χ1n) is 6.24. The van der Waals surface area contributed by atoms with E-state index >= 15 is 0 Å². The van der Waals surface area contributed by atoms with Crippen LogP contribution in [-0.4, -0.2) is 45.2 Å². The Labute approximate surface area is 128 Å². The normalized spacial score (nSPS) is 22.2. The van der Waals surface area contributed by atoms with Gasteiger partial charge in [0.15, 0.2) is 9.84 Å². The van der Waals surface area contributed by atoms with Crippen LogP contribution < -0.4 is 0 Å². The molecule has 0 radical (unpaired) electrons. The lowest BCUT2D eigenvalue weighted by molar-refractivity contribution is 0.354. The quantitative estimate of drug-likeness (QED) is 0.794. The molecule has 8 heteroatoms. The van der Waals surface area contributed by atoms with Crippen molar-refractivity contribution in [3.63, 3.8) is 0 Å². The van der Waals surface area contributed by atoms with E-state index in [1.807, 2.05) is 0 Å². The molecule has 0 aliphatic carbocycles. The molecule has 0 saturated carbocycles. The summed E-state index contributed by atoms with van der Waals surface area (Å²) in [7, 11) is -6.78. The highest BCUT2D eigenvalue weighted by Gasteiger charge is 2.37. The molecule has 1 heterocycles. The van der Waals surface area contributed by atoms with Gasteiger partial charge in [-0.3, -0.25) is 0 Å². The van der Waals surface area contributed by atoms with E-state index in [-0.39, 0.29) is 22.9 Å². The van der Waals surface area contributed by atoms with Gasteiger partial charge in [-0.05, 0) is 24.6 Å². The molecule has 0 spiro atoms. The van der Waals surface area contributed by atoms with Crippen LogP contribution in [0.3, 0.4) is 0 Å². The number of sulfone groups is 1. The van der Waals surface area contributed by atoms with Gasteiger partial charge in [0, 0.05) is 17.1 Å². The first-order chi connectivity index (χ1) is 9.26. The first-order valence-corrected chi connectivity index (χ1v) is 10.3. The third-order valence-electron chi connectivity index (χ3n) is 3.33. The van der Waals surface area contributed by atoms with E-state index in [1.165, 1.54) is 16.4 Å². The van der Waals surface area contributed by atoms with E-state index in [0.717, 1.165) is 0 Å². The van der Waals surface area contributed by atoms with Crippen molar-refractivity contribution in [2.24, 2.45) is 0 Å². The zero-order valence-electron chi connectivity index (χ0n) is 11.0. The molecular weight excluding hydrogens is 366 g/mol. The smallest absolute Gasteiger partial charge is 0.229 e. The summed E-state index contributed by atoms with van der Waals surface area (Å²) in [6, 6.07) is 5.98. The van der Waals surface area contributed by atoms with E-state index in [1.54, 1.807) is 19.1 Å². The number of hydrogen-bond donors (Lipinski definition) is 0. The zero-order chi connectivity index (χ0) is 15.0. The van der Waals surface area contributed by atoms with E-state index in [2.05, 4.69) is 15.9 Å². The average Bonchev–Trinajstić information content (AvgIpc) is 2.70.